The summed E-state index contributed by atoms with van der Waals surface area (Å²) in [6.45, 7) is 24.2. The zero-order valence-corrected chi connectivity index (χ0v) is 54.1. The molecule has 0 amide bonds. The highest BCUT2D eigenvalue weighted by molar-refractivity contribution is 5.91. The van der Waals surface area contributed by atoms with E-state index in [2.05, 4.69) is 27.7 Å². The van der Waals surface area contributed by atoms with Gasteiger partial charge >= 0.3 is 35.8 Å². The first-order chi connectivity index (χ1) is 41.6. The van der Waals surface area contributed by atoms with Crippen LogP contribution in [0, 0.1) is 47.3 Å². The van der Waals surface area contributed by atoms with Gasteiger partial charge in [0.15, 0.2) is 0 Å². The van der Waals surface area contributed by atoms with Crippen LogP contribution in [0.4, 0.5) is 0 Å². The normalized spacial score (nSPS) is 33.5. The molecule has 0 aromatic heterocycles. The fourth-order valence-electron chi connectivity index (χ4n) is 13.6. The van der Waals surface area contributed by atoms with Crippen molar-refractivity contribution in [2.45, 2.75) is 254 Å². The first-order valence-electron chi connectivity index (χ1n) is 31.5. The standard InChI is InChI=1S/C14H18O4.C14H22O4.C11H16O4.C10H14O4.C9H14O4.C7H10O4/c1-7-12(15)17-14(18-13(7)16)10-3-8-2-9(5-10)6-11(14)4-8;1-8(2)11-6-5-9(3)7-14(11)17-12(15)10(4)13(16)18-14;1-7-3-5-11(6-4-7)14-9(12)8(2)10(13)15-11;1-7-8(11)13-10(14-9(7)12)5-3-2-4-6-10;1-4-9(5-2)12-7(10)6(3)8(11)13-9;1-4-5(8)10-7(2,3)11-6(4)9/h8-11,15H,2-6H2,1H3;8-9,11,15H,5-7H2,1-4H3;7,12H,3-6H2,1-2H3;11H,2-6H2,1H3;10H,4-5H2,1-3H3;8H,1-3H3. The van der Waals surface area contributed by atoms with Crippen LogP contribution in [0.5, 0.6) is 0 Å². The molecule has 89 heavy (non-hydrogen) atoms. The fraction of sp³-hybridized carbons (Fsp3) is 0.723. The van der Waals surface area contributed by atoms with Crippen LogP contribution in [-0.4, -0.2) is 101 Å². The Labute approximate surface area is 520 Å². The van der Waals surface area contributed by atoms with Crippen molar-refractivity contribution < 1.29 is 116 Å². The summed E-state index contributed by atoms with van der Waals surface area (Å²) in [5.41, 5.74) is 0.873. The smallest absolute Gasteiger partial charge is 0.344 e. The molecule has 13 aliphatic rings. The summed E-state index contributed by atoms with van der Waals surface area (Å²) in [5, 5.41) is 56.9. The number of hydrogen-bond acceptors (Lipinski definition) is 24. The second-order valence-electron chi connectivity index (χ2n) is 26.7. The van der Waals surface area contributed by atoms with Crippen LogP contribution in [-0.2, 0) is 85.6 Å². The van der Waals surface area contributed by atoms with E-state index in [1.54, 1.807) is 20.8 Å². The molecule has 24 nitrogen and oxygen atoms in total. The molecular formula is C65H94O24. The third kappa shape index (κ3) is 15.4. The molecule has 7 saturated carbocycles. The number of aliphatic hydroxyl groups excluding tert-OH is 6. The van der Waals surface area contributed by atoms with Gasteiger partial charge in [0.2, 0.25) is 0 Å². The van der Waals surface area contributed by atoms with Crippen LogP contribution in [0.15, 0.2) is 69.1 Å². The minimum absolute atomic E-state index is 0.101. The third-order valence-corrected chi connectivity index (χ3v) is 19.1. The van der Waals surface area contributed by atoms with Crippen molar-refractivity contribution in [2.24, 2.45) is 47.3 Å². The average Bonchev–Trinajstić information content (AvgIpc) is 0.734. The van der Waals surface area contributed by atoms with Gasteiger partial charge < -0.3 is 87.5 Å². The van der Waals surface area contributed by atoms with Gasteiger partial charge in [-0.2, -0.15) is 0 Å². The molecule has 6 N–H and O–H groups in total. The maximum Gasteiger partial charge on any atom is 0.344 e. The fourth-order valence-corrected chi connectivity index (χ4v) is 13.6. The zero-order valence-electron chi connectivity index (χ0n) is 54.1. The predicted molar refractivity (Wildman–Crippen MR) is 312 cm³/mol. The van der Waals surface area contributed by atoms with E-state index in [9.17, 15) is 54.3 Å². The Morgan fingerprint density at radius 1 is 0.416 bits per heavy atom. The van der Waals surface area contributed by atoms with Crippen molar-refractivity contribution in [1.29, 1.82) is 0 Å². The van der Waals surface area contributed by atoms with Crippen LogP contribution >= 0.6 is 0 Å². The number of ether oxygens (including phenoxy) is 12. The van der Waals surface area contributed by atoms with E-state index >= 15 is 0 Å². The maximum atomic E-state index is 11.9. The van der Waals surface area contributed by atoms with Gasteiger partial charge in [0.05, 0.1) is 0 Å². The van der Waals surface area contributed by atoms with Gasteiger partial charge in [0.25, 0.3) is 70.4 Å². The molecule has 7 fully saturated rings. The number of carbonyl (C=O) groups excluding carboxylic acids is 6. The molecule has 4 bridgehead atoms. The SMILES string of the molecule is CC1=C(O)OC(C)(C)OC1=O.CC1=C(O)OC2(CC(C)CCC2C(C)C)OC1=O.CC1=C(O)OC2(CCC(C)CC2)OC1=O.CC1=C(O)OC2(CCCCC2)OC1=O.CC1=C(O)OC2(OC1=O)C1CC3CC(C1)CC2C3.CCC1(CC)OC(=O)C(C)=C(O)O1. The number of aliphatic hydroxyl groups is 6. The Morgan fingerprint density at radius 2 is 0.809 bits per heavy atom. The van der Waals surface area contributed by atoms with Crippen LogP contribution in [0.1, 0.15) is 219 Å². The van der Waals surface area contributed by atoms with Crippen LogP contribution in [0.25, 0.3) is 0 Å². The second kappa shape index (κ2) is 27.1. The molecule has 4 spiro atoms. The minimum Gasteiger partial charge on any atom is -0.481 e. The summed E-state index contributed by atoms with van der Waals surface area (Å²) in [4.78, 5) is 68.6. The van der Waals surface area contributed by atoms with Crippen molar-refractivity contribution in [3.8, 4) is 0 Å². The van der Waals surface area contributed by atoms with Crippen molar-refractivity contribution in [3.05, 3.63) is 69.1 Å². The Kier molecular flexibility index (Phi) is 21.1. The molecular weight excluding hydrogens is 1160 g/mol. The molecule has 0 radical (unpaired) electrons. The van der Waals surface area contributed by atoms with Gasteiger partial charge in [-0.3, -0.25) is 0 Å². The third-order valence-electron chi connectivity index (χ3n) is 19.1. The van der Waals surface area contributed by atoms with Crippen molar-refractivity contribution in [1.82, 2.24) is 0 Å². The van der Waals surface area contributed by atoms with Crippen molar-refractivity contribution in [2.75, 3.05) is 0 Å². The molecule has 6 aliphatic heterocycles. The van der Waals surface area contributed by atoms with Gasteiger partial charge in [-0.15, -0.1) is 0 Å². The van der Waals surface area contributed by atoms with Gasteiger partial charge in [-0.25, -0.2) is 28.8 Å². The molecule has 3 atom stereocenters. The van der Waals surface area contributed by atoms with E-state index in [4.69, 9.17) is 61.9 Å². The van der Waals surface area contributed by atoms with Crippen LogP contribution in [0.3, 0.4) is 0 Å². The number of cyclic esters (lactones) is 2. The Hall–Kier alpha value is -7.14. The largest absolute Gasteiger partial charge is 0.481 e. The molecule has 13 rings (SSSR count). The second-order valence-corrected chi connectivity index (χ2v) is 26.7. The predicted octanol–water partition coefficient (Wildman–Crippen LogP) is 12.9. The molecule has 6 heterocycles. The van der Waals surface area contributed by atoms with Gasteiger partial charge in [-0.05, 0) is 142 Å². The average molecular weight is 1260 g/mol. The number of hydrogen-bond donors (Lipinski definition) is 6. The van der Waals surface area contributed by atoms with Crippen molar-refractivity contribution in [3.63, 3.8) is 0 Å². The topological polar surface area (TPSA) is 335 Å². The molecule has 0 aromatic rings. The molecule has 24 heteroatoms. The highest BCUT2D eigenvalue weighted by Crippen LogP contribution is 2.61. The molecule has 7 aliphatic carbocycles. The number of carbonyl (C=O) groups is 6. The van der Waals surface area contributed by atoms with Crippen molar-refractivity contribution >= 4 is 35.8 Å². The van der Waals surface area contributed by atoms with E-state index in [0.29, 0.717) is 62.7 Å². The Bertz CT molecular complexity index is 2870. The van der Waals surface area contributed by atoms with Gasteiger partial charge in [-0.1, -0.05) is 48.0 Å². The summed E-state index contributed by atoms with van der Waals surface area (Å²) in [5.74, 6) is -6.56. The zero-order chi connectivity index (χ0) is 65.9. The van der Waals surface area contributed by atoms with E-state index in [1.165, 1.54) is 41.0 Å². The highest BCUT2D eigenvalue weighted by Gasteiger charge is 2.64. The molecule has 0 aromatic carbocycles. The molecule has 0 saturated heterocycles. The van der Waals surface area contributed by atoms with E-state index in [0.717, 1.165) is 82.5 Å². The molecule has 498 valence electrons. The number of esters is 6. The lowest BCUT2D eigenvalue weighted by atomic mass is 9.53. The van der Waals surface area contributed by atoms with E-state index in [1.807, 2.05) is 13.8 Å². The summed E-state index contributed by atoms with van der Waals surface area (Å²) < 4.78 is 63.5. The lowest BCUT2D eigenvalue weighted by molar-refractivity contribution is -0.325. The Morgan fingerprint density at radius 3 is 1.22 bits per heavy atom. The molecule has 3 unspecified atom stereocenters. The summed E-state index contributed by atoms with van der Waals surface area (Å²) in [7, 11) is 0. The quantitative estimate of drug-likeness (QED) is 0.113. The van der Waals surface area contributed by atoms with Crippen LogP contribution in [0.2, 0.25) is 0 Å². The van der Waals surface area contributed by atoms with Gasteiger partial charge in [0.1, 0.15) is 33.4 Å². The first-order valence-corrected chi connectivity index (χ1v) is 31.5. The summed E-state index contributed by atoms with van der Waals surface area (Å²) in [6, 6.07) is 0. The van der Waals surface area contributed by atoms with Gasteiger partial charge in [0, 0.05) is 76.5 Å². The monoisotopic (exact) mass is 1260 g/mol. The van der Waals surface area contributed by atoms with E-state index < -0.39 is 70.5 Å². The maximum absolute atomic E-state index is 11.9. The lowest BCUT2D eigenvalue weighted by Crippen LogP contribution is -2.62. The minimum atomic E-state index is -1.05. The Balaban J connectivity index is 0.000000153. The van der Waals surface area contributed by atoms with Crippen LogP contribution < -0.4 is 0 Å². The summed E-state index contributed by atoms with van der Waals surface area (Å²) >= 11 is 0. The van der Waals surface area contributed by atoms with E-state index in [-0.39, 0.29) is 86.9 Å². The highest BCUT2D eigenvalue weighted by atomic mass is 16.8. The first kappa shape index (κ1) is 69.3. The number of rotatable bonds is 3. The lowest BCUT2D eigenvalue weighted by Gasteiger charge is -2.59. The summed E-state index contributed by atoms with van der Waals surface area (Å²) in [6.07, 6.45) is 17.1.